The molecule has 0 radical (unpaired) electrons. The van der Waals surface area contributed by atoms with E-state index in [1.54, 1.807) is 18.2 Å². The van der Waals surface area contributed by atoms with Gasteiger partial charge >= 0.3 is 0 Å². The molecule has 98 valence electrons. The van der Waals surface area contributed by atoms with Crippen LogP contribution in [0.1, 0.15) is 27.0 Å². The highest BCUT2D eigenvalue weighted by Gasteiger charge is 2.15. The van der Waals surface area contributed by atoms with E-state index in [0.29, 0.717) is 11.3 Å². The molecule has 2 aromatic carbocycles. The van der Waals surface area contributed by atoms with Crippen LogP contribution in [0.2, 0.25) is 0 Å². The average molecular weight is 258 g/mol. The Hall–Kier alpha value is -2.16. The molecule has 3 heteroatoms. The number of halogens is 1. The molecule has 0 unspecified atom stereocenters. The van der Waals surface area contributed by atoms with E-state index >= 15 is 0 Å². The lowest BCUT2D eigenvalue weighted by atomic mass is 9.99. The summed E-state index contributed by atoms with van der Waals surface area (Å²) in [5.74, 6) is -0.482. The molecule has 2 aromatic rings. The molecule has 0 aliphatic heterocycles. The van der Waals surface area contributed by atoms with Crippen molar-refractivity contribution < 1.29 is 13.9 Å². The van der Waals surface area contributed by atoms with E-state index in [-0.39, 0.29) is 11.3 Å². The number of aryl methyl sites for hydroxylation is 2. The van der Waals surface area contributed by atoms with Crippen molar-refractivity contribution in [2.75, 3.05) is 7.11 Å². The van der Waals surface area contributed by atoms with Gasteiger partial charge < -0.3 is 4.74 Å². The standard InChI is InChI=1S/C16H15FO2/c1-10-6-11(2)8-12(7-10)16(18)14-5-4-13(19-3)9-15(14)17/h4-9H,1-3H3. The first-order chi connectivity index (χ1) is 9.01. The maximum absolute atomic E-state index is 13.9. The molecule has 0 aliphatic carbocycles. The number of hydrogen-bond acceptors (Lipinski definition) is 2. The molecule has 0 aromatic heterocycles. The van der Waals surface area contributed by atoms with E-state index < -0.39 is 5.82 Å². The number of ketones is 1. The second-order valence-electron chi connectivity index (χ2n) is 4.55. The third-order valence-electron chi connectivity index (χ3n) is 2.90. The van der Waals surface area contributed by atoms with Crippen LogP contribution in [0.4, 0.5) is 4.39 Å². The molecule has 0 saturated heterocycles. The Balaban J connectivity index is 2.44. The van der Waals surface area contributed by atoms with Crippen LogP contribution in [0.3, 0.4) is 0 Å². The van der Waals surface area contributed by atoms with Crippen molar-refractivity contribution in [3.05, 3.63) is 64.5 Å². The van der Waals surface area contributed by atoms with Crippen molar-refractivity contribution in [3.8, 4) is 5.75 Å². The lowest BCUT2D eigenvalue weighted by Crippen LogP contribution is -2.05. The number of hydrogen-bond donors (Lipinski definition) is 0. The van der Waals surface area contributed by atoms with Crippen LogP contribution in [-0.4, -0.2) is 12.9 Å². The quantitative estimate of drug-likeness (QED) is 0.785. The lowest BCUT2D eigenvalue weighted by Gasteiger charge is -2.07. The molecule has 0 aliphatic rings. The predicted octanol–water partition coefficient (Wildman–Crippen LogP) is 3.68. The molecule has 0 amide bonds. The van der Waals surface area contributed by atoms with Gasteiger partial charge in [0.05, 0.1) is 12.7 Å². The second-order valence-corrected chi connectivity index (χ2v) is 4.55. The normalized spacial score (nSPS) is 10.3. The fourth-order valence-corrected chi connectivity index (χ4v) is 2.07. The van der Waals surface area contributed by atoms with Crippen LogP contribution in [0, 0.1) is 19.7 Å². The molecule has 0 saturated carbocycles. The third kappa shape index (κ3) is 2.81. The Kier molecular flexibility index (Phi) is 3.65. The molecule has 0 fully saturated rings. The van der Waals surface area contributed by atoms with E-state index in [2.05, 4.69) is 0 Å². The van der Waals surface area contributed by atoms with Gasteiger partial charge in [-0.25, -0.2) is 4.39 Å². The van der Waals surface area contributed by atoms with Crippen LogP contribution >= 0.6 is 0 Å². The van der Waals surface area contributed by atoms with E-state index in [1.807, 2.05) is 19.9 Å². The molecule has 0 N–H and O–H groups in total. The van der Waals surface area contributed by atoms with Gasteiger partial charge in [-0.1, -0.05) is 17.2 Å². The zero-order chi connectivity index (χ0) is 14.0. The number of carbonyl (C=O) groups is 1. The molecule has 0 spiro atoms. The summed E-state index contributed by atoms with van der Waals surface area (Å²) in [5, 5.41) is 0. The van der Waals surface area contributed by atoms with E-state index in [1.165, 1.54) is 19.2 Å². The molecule has 0 bridgehead atoms. The van der Waals surface area contributed by atoms with Crippen molar-refractivity contribution in [3.63, 3.8) is 0 Å². The topological polar surface area (TPSA) is 26.3 Å². The Morgan fingerprint density at radius 2 is 1.68 bits per heavy atom. The molecular weight excluding hydrogens is 243 g/mol. The minimum absolute atomic E-state index is 0.0609. The highest BCUT2D eigenvalue weighted by Crippen LogP contribution is 2.20. The van der Waals surface area contributed by atoms with Crippen molar-refractivity contribution in [1.29, 1.82) is 0 Å². The number of benzene rings is 2. The van der Waals surface area contributed by atoms with Gasteiger partial charge in [0, 0.05) is 11.6 Å². The van der Waals surface area contributed by atoms with Gasteiger partial charge in [-0.2, -0.15) is 0 Å². The van der Waals surface area contributed by atoms with Crippen molar-refractivity contribution in [1.82, 2.24) is 0 Å². The fourth-order valence-electron chi connectivity index (χ4n) is 2.07. The zero-order valence-electron chi connectivity index (χ0n) is 11.2. The van der Waals surface area contributed by atoms with Crippen molar-refractivity contribution in [2.24, 2.45) is 0 Å². The SMILES string of the molecule is COc1ccc(C(=O)c2cc(C)cc(C)c2)c(F)c1. The number of ether oxygens (including phenoxy) is 1. The summed E-state index contributed by atoms with van der Waals surface area (Å²) >= 11 is 0. The van der Waals surface area contributed by atoms with Crippen LogP contribution in [-0.2, 0) is 0 Å². The monoisotopic (exact) mass is 258 g/mol. The maximum Gasteiger partial charge on any atom is 0.195 e. The van der Waals surface area contributed by atoms with Crippen molar-refractivity contribution >= 4 is 5.78 Å². The molecule has 2 rings (SSSR count). The lowest BCUT2D eigenvalue weighted by molar-refractivity contribution is 0.103. The minimum Gasteiger partial charge on any atom is -0.497 e. The highest BCUT2D eigenvalue weighted by molar-refractivity contribution is 6.09. The summed E-state index contributed by atoms with van der Waals surface area (Å²) in [4.78, 5) is 12.3. The first kappa shape index (κ1) is 13.3. The Bertz CT molecular complexity index is 612. The summed E-state index contributed by atoms with van der Waals surface area (Å²) < 4.78 is 18.8. The van der Waals surface area contributed by atoms with Gasteiger partial charge in [0.15, 0.2) is 5.78 Å². The summed E-state index contributed by atoms with van der Waals surface area (Å²) in [7, 11) is 1.46. The number of methoxy groups -OCH3 is 1. The third-order valence-corrected chi connectivity index (χ3v) is 2.90. The average Bonchev–Trinajstić information content (AvgIpc) is 2.36. The zero-order valence-corrected chi connectivity index (χ0v) is 11.2. The van der Waals surface area contributed by atoms with Gasteiger partial charge in [0.25, 0.3) is 0 Å². The predicted molar refractivity (Wildman–Crippen MR) is 72.3 cm³/mol. The molecule has 19 heavy (non-hydrogen) atoms. The number of carbonyl (C=O) groups excluding carboxylic acids is 1. The van der Waals surface area contributed by atoms with E-state index in [0.717, 1.165) is 11.1 Å². The Morgan fingerprint density at radius 1 is 1.05 bits per heavy atom. The summed E-state index contributed by atoms with van der Waals surface area (Å²) in [6.07, 6.45) is 0. The summed E-state index contributed by atoms with van der Waals surface area (Å²) in [6, 6.07) is 9.75. The smallest absolute Gasteiger partial charge is 0.195 e. The van der Waals surface area contributed by atoms with Crippen molar-refractivity contribution in [2.45, 2.75) is 13.8 Å². The summed E-state index contributed by atoms with van der Waals surface area (Å²) in [6.45, 7) is 3.82. The largest absolute Gasteiger partial charge is 0.497 e. The van der Waals surface area contributed by atoms with E-state index in [9.17, 15) is 9.18 Å². The summed E-state index contributed by atoms with van der Waals surface area (Å²) in [5.41, 5.74) is 2.53. The first-order valence-electron chi connectivity index (χ1n) is 5.98. The van der Waals surface area contributed by atoms with Crippen LogP contribution in [0.15, 0.2) is 36.4 Å². The van der Waals surface area contributed by atoms with Gasteiger partial charge in [-0.15, -0.1) is 0 Å². The van der Waals surface area contributed by atoms with Gasteiger partial charge in [-0.05, 0) is 38.1 Å². The Morgan fingerprint density at radius 3 is 2.21 bits per heavy atom. The van der Waals surface area contributed by atoms with Crippen LogP contribution in [0.25, 0.3) is 0 Å². The van der Waals surface area contributed by atoms with Gasteiger partial charge in [0.1, 0.15) is 11.6 Å². The highest BCUT2D eigenvalue weighted by atomic mass is 19.1. The number of rotatable bonds is 3. The molecular formula is C16H15FO2. The molecule has 2 nitrogen and oxygen atoms in total. The Labute approximate surface area is 111 Å². The molecule has 0 heterocycles. The first-order valence-corrected chi connectivity index (χ1v) is 5.98. The maximum atomic E-state index is 13.9. The fraction of sp³-hybridized carbons (Fsp3) is 0.188. The second kappa shape index (κ2) is 5.22. The van der Waals surface area contributed by atoms with E-state index in [4.69, 9.17) is 4.74 Å². The van der Waals surface area contributed by atoms with Crippen LogP contribution in [0.5, 0.6) is 5.75 Å². The molecule has 0 atom stereocenters. The van der Waals surface area contributed by atoms with Gasteiger partial charge in [0.2, 0.25) is 0 Å². The van der Waals surface area contributed by atoms with Gasteiger partial charge in [-0.3, -0.25) is 4.79 Å². The van der Waals surface area contributed by atoms with Crippen LogP contribution < -0.4 is 4.74 Å². The minimum atomic E-state index is -0.566.